The summed E-state index contributed by atoms with van der Waals surface area (Å²) in [5, 5.41) is 0. The number of hydrogen-bond donors (Lipinski definition) is 0. The van der Waals surface area contributed by atoms with Crippen LogP contribution in [0.15, 0.2) is 29.2 Å². The van der Waals surface area contributed by atoms with Crippen LogP contribution in [0.25, 0.3) is 0 Å². The highest BCUT2D eigenvalue weighted by molar-refractivity contribution is 7.86. The third kappa shape index (κ3) is 11.0. The van der Waals surface area contributed by atoms with Gasteiger partial charge in [-0.2, -0.15) is 8.42 Å². The highest BCUT2D eigenvalue weighted by Crippen LogP contribution is 2.12. The molecular weight excluding hydrogens is 376 g/mol. The number of carbonyl (C=O) groups is 1. The average Bonchev–Trinajstić information content (AvgIpc) is 2.63. The number of esters is 1. The van der Waals surface area contributed by atoms with Gasteiger partial charge in [0.05, 0.1) is 64.2 Å². The molecule has 27 heavy (non-hydrogen) atoms. The lowest BCUT2D eigenvalue weighted by molar-refractivity contribution is -0.144. The maximum absolute atomic E-state index is 11.9. The van der Waals surface area contributed by atoms with Gasteiger partial charge in [0.25, 0.3) is 10.1 Å². The average molecular weight is 404 g/mol. The van der Waals surface area contributed by atoms with Gasteiger partial charge < -0.3 is 18.9 Å². The monoisotopic (exact) mass is 404 g/mol. The zero-order valence-corrected chi connectivity index (χ0v) is 16.7. The van der Waals surface area contributed by atoms with E-state index < -0.39 is 10.1 Å². The van der Waals surface area contributed by atoms with Gasteiger partial charge in [0.15, 0.2) is 0 Å². The number of aryl methyl sites for hydroxylation is 1. The Morgan fingerprint density at radius 3 is 1.93 bits per heavy atom. The predicted molar refractivity (Wildman–Crippen MR) is 98.0 cm³/mol. The Balaban J connectivity index is 1.96. The van der Waals surface area contributed by atoms with Crippen molar-refractivity contribution in [1.82, 2.24) is 0 Å². The van der Waals surface area contributed by atoms with E-state index in [9.17, 15) is 13.2 Å². The lowest BCUT2D eigenvalue weighted by Crippen LogP contribution is -2.15. The van der Waals surface area contributed by atoms with Crippen LogP contribution in [0.4, 0.5) is 0 Å². The van der Waals surface area contributed by atoms with Gasteiger partial charge >= 0.3 is 5.97 Å². The van der Waals surface area contributed by atoms with Crippen LogP contribution in [-0.4, -0.2) is 67.2 Å². The summed E-state index contributed by atoms with van der Waals surface area (Å²) in [5.41, 5.74) is 0.974. The lowest BCUT2D eigenvalue weighted by atomic mass is 10.2. The fourth-order valence-electron chi connectivity index (χ4n) is 1.91. The van der Waals surface area contributed by atoms with Gasteiger partial charge in [0.1, 0.15) is 0 Å². The third-order valence-electron chi connectivity index (χ3n) is 3.28. The summed E-state index contributed by atoms with van der Waals surface area (Å²) in [7, 11) is -3.76. The summed E-state index contributed by atoms with van der Waals surface area (Å²) in [6, 6.07) is 6.44. The fourth-order valence-corrected chi connectivity index (χ4v) is 2.80. The molecule has 1 aromatic carbocycles. The Morgan fingerprint density at radius 1 is 0.852 bits per heavy atom. The summed E-state index contributed by atoms with van der Waals surface area (Å²) in [5.74, 6) is -0.279. The summed E-state index contributed by atoms with van der Waals surface area (Å²) in [4.78, 5) is 11.2. The van der Waals surface area contributed by atoms with Crippen LogP contribution in [0.5, 0.6) is 0 Å². The summed E-state index contributed by atoms with van der Waals surface area (Å²) < 4.78 is 49.3. The molecule has 0 fully saturated rings. The molecule has 0 N–H and O–H groups in total. The number of benzene rings is 1. The molecule has 0 aliphatic carbocycles. The summed E-state index contributed by atoms with van der Waals surface area (Å²) in [6.07, 6.45) is 0.225. The number of rotatable bonds is 15. The van der Waals surface area contributed by atoms with Gasteiger partial charge in [-0.1, -0.05) is 17.7 Å². The van der Waals surface area contributed by atoms with Gasteiger partial charge in [-0.25, -0.2) is 0 Å². The van der Waals surface area contributed by atoms with Gasteiger partial charge in [-0.05, 0) is 26.0 Å². The van der Waals surface area contributed by atoms with Crippen molar-refractivity contribution < 1.29 is 36.3 Å². The molecule has 1 rings (SSSR count). The van der Waals surface area contributed by atoms with E-state index in [1.807, 2.05) is 6.92 Å². The van der Waals surface area contributed by atoms with Crippen LogP contribution in [0, 0.1) is 6.92 Å². The van der Waals surface area contributed by atoms with Crippen LogP contribution >= 0.6 is 0 Å². The van der Waals surface area contributed by atoms with E-state index in [1.54, 1.807) is 19.1 Å². The van der Waals surface area contributed by atoms with Crippen LogP contribution in [0.3, 0.4) is 0 Å². The molecule has 0 radical (unpaired) electrons. The molecule has 1 aromatic rings. The lowest BCUT2D eigenvalue weighted by Gasteiger charge is -2.08. The molecule has 0 aromatic heterocycles. The molecule has 0 saturated carbocycles. The second-order valence-corrected chi connectivity index (χ2v) is 7.10. The van der Waals surface area contributed by atoms with Gasteiger partial charge in [0, 0.05) is 0 Å². The molecule has 8 nitrogen and oxygen atoms in total. The van der Waals surface area contributed by atoms with Crippen molar-refractivity contribution in [2.24, 2.45) is 0 Å². The molecule has 0 amide bonds. The largest absolute Gasteiger partial charge is 0.466 e. The first-order valence-electron chi connectivity index (χ1n) is 8.80. The number of carbonyl (C=O) groups excluding carboxylic acids is 1. The standard InChI is InChI=1S/C18H28O8S/c1-3-25-18(19)8-9-22-10-11-23-12-13-24-14-15-26-27(20,21)17-6-4-16(2)5-7-17/h4-7H,3,8-15H2,1-2H3. The van der Waals surface area contributed by atoms with Crippen molar-refractivity contribution >= 4 is 16.1 Å². The maximum Gasteiger partial charge on any atom is 0.308 e. The first-order chi connectivity index (χ1) is 13.0. The highest BCUT2D eigenvalue weighted by Gasteiger charge is 2.14. The Labute approximate surface area is 160 Å². The van der Waals surface area contributed by atoms with E-state index in [0.29, 0.717) is 39.6 Å². The fraction of sp³-hybridized carbons (Fsp3) is 0.611. The molecule has 0 unspecified atom stereocenters. The molecule has 154 valence electrons. The molecule has 0 bridgehead atoms. The zero-order valence-electron chi connectivity index (χ0n) is 15.8. The van der Waals surface area contributed by atoms with E-state index in [-0.39, 0.29) is 30.5 Å². The van der Waals surface area contributed by atoms with E-state index in [4.69, 9.17) is 23.1 Å². The molecule has 0 heterocycles. The topological polar surface area (TPSA) is 97.4 Å². The molecule has 0 atom stereocenters. The molecular formula is C18H28O8S. The Morgan fingerprint density at radius 2 is 1.37 bits per heavy atom. The van der Waals surface area contributed by atoms with Crippen LogP contribution in [-0.2, 0) is 38.0 Å². The Kier molecular flexibility index (Phi) is 11.9. The van der Waals surface area contributed by atoms with Crippen LogP contribution < -0.4 is 0 Å². The first kappa shape index (κ1) is 23.5. The van der Waals surface area contributed by atoms with Gasteiger partial charge in [0.2, 0.25) is 0 Å². The number of ether oxygens (including phenoxy) is 4. The molecule has 0 aliphatic heterocycles. The van der Waals surface area contributed by atoms with Gasteiger partial charge in [-0.15, -0.1) is 0 Å². The highest BCUT2D eigenvalue weighted by atomic mass is 32.2. The zero-order chi connectivity index (χ0) is 20.0. The second-order valence-electron chi connectivity index (χ2n) is 5.48. The smallest absolute Gasteiger partial charge is 0.308 e. The van der Waals surface area contributed by atoms with E-state index in [2.05, 4.69) is 0 Å². The van der Waals surface area contributed by atoms with E-state index >= 15 is 0 Å². The quantitative estimate of drug-likeness (QED) is 0.248. The van der Waals surface area contributed by atoms with E-state index in [0.717, 1.165) is 5.56 Å². The molecule has 0 saturated heterocycles. The minimum atomic E-state index is -3.76. The SMILES string of the molecule is CCOC(=O)CCOCCOCCOCCOS(=O)(=O)c1ccc(C)cc1. The van der Waals surface area contributed by atoms with Crippen LogP contribution in [0.2, 0.25) is 0 Å². The third-order valence-corrected chi connectivity index (χ3v) is 4.60. The summed E-state index contributed by atoms with van der Waals surface area (Å²) >= 11 is 0. The first-order valence-corrected chi connectivity index (χ1v) is 10.2. The Bertz CT molecular complexity index is 627. The van der Waals surface area contributed by atoms with Crippen molar-refractivity contribution in [3.63, 3.8) is 0 Å². The van der Waals surface area contributed by atoms with Gasteiger partial charge in [-0.3, -0.25) is 8.98 Å². The normalized spacial score (nSPS) is 11.5. The van der Waals surface area contributed by atoms with Crippen LogP contribution in [0.1, 0.15) is 18.9 Å². The molecule has 9 heteroatoms. The van der Waals surface area contributed by atoms with E-state index in [1.165, 1.54) is 12.1 Å². The Hall–Kier alpha value is -1.52. The van der Waals surface area contributed by atoms with Crippen molar-refractivity contribution in [2.45, 2.75) is 25.2 Å². The summed E-state index contributed by atoms with van der Waals surface area (Å²) in [6.45, 7) is 5.80. The minimum Gasteiger partial charge on any atom is -0.466 e. The van der Waals surface area contributed by atoms with Crippen molar-refractivity contribution in [3.05, 3.63) is 29.8 Å². The number of hydrogen-bond acceptors (Lipinski definition) is 8. The minimum absolute atomic E-state index is 0.0623. The predicted octanol–water partition coefficient (Wildman–Crippen LogP) is 1.70. The van der Waals surface area contributed by atoms with Crippen molar-refractivity contribution in [1.29, 1.82) is 0 Å². The molecule has 0 aliphatic rings. The second kappa shape index (κ2) is 13.6. The van der Waals surface area contributed by atoms with Crippen molar-refractivity contribution in [3.8, 4) is 0 Å². The molecule has 0 spiro atoms. The maximum atomic E-state index is 11.9. The van der Waals surface area contributed by atoms with Crippen molar-refractivity contribution in [2.75, 3.05) is 52.9 Å².